The molecular formula is C9H17NO2. The molecule has 0 aromatic carbocycles. The highest BCUT2D eigenvalue weighted by molar-refractivity contribution is 5.75. The Hall–Kier alpha value is -0.570. The van der Waals surface area contributed by atoms with Crippen LogP contribution in [0, 0.1) is 11.8 Å². The number of hydrogen-bond acceptors (Lipinski definition) is 2. The van der Waals surface area contributed by atoms with Gasteiger partial charge >= 0.3 is 0 Å². The van der Waals surface area contributed by atoms with Crippen LogP contribution in [0.25, 0.3) is 0 Å². The minimum Gasteiger partial charge on any atom is -0.286 e. The van der Waals surface area contributed by atoms with Crippen molar-refractivity contribution < 1.29 is 10.0 Å². The van der Waals surface area contributed by atoms with E-state index in [1.165, 1.54) is 0 Å². The number of piperidine rings is 1. The first-order chi connectivity index (χ1) is 5.59. The largest absolute Gasteiger partial charge is 0.286 e. The van der Waals surface area contributed by atoms with E-state index >= 15 is 0 Å². The molecule has 0 spiro atoms. The molecule has 12 heavy (non-hydrogen) atoms. The van der Waals surface area contributed by atoms with Crippen LogP contribution in [-0.2, 0) is 4.79 Å². The Morgan fingerprint density at radius 3 is 2.83 bits per heavy atom. The number of rotatable bonds is 2. The second kappa shape index (κ2) is 3.90. The van der Waals surface area contributed by atoms with E-state index in [1.54, 1.807) is 0 Å². The molecule has 1 N–H and O–H groups in total. The van der Waals surface area contributed by atoms with Gasteiger partial charge in [-0.1, -0.05) is 13.8 Å². The molecule has 0 radical (unpaired) electrons. The molecule has 70 valence electrons. The molecular weight excluding hydrogens is 154 g/mol. The van der Waals surface area contributed by atoms with Gasteiger partial charge in [-0.15, -0.1) is 0 Å². The van der Waals surface area contributed by atoms with E-state index in [0.717, 1.165) is 17.9 Å². The van der Waals surface area contributed by atoms with Crippen LogP contribution in [0.1, 0.15) is 33.1 Å². The van der Waals surface area contributed by atoms with Gasteiger partial charge in [-0.2, -0.15) is 0 Å². The summed E-state index contributed by atoms with van der Waals surface area (Å²) in [5.41, 5.74) is 0. The maximum Gasteiger partial charge on any atom is 0.245 e. The SMILES string of the molecule is CC(C)CC1CCC(=O)N(O)C1. The fourth-order valence-corrected chi connectivity index (χ4v) is 1.75. The van der Waals surface area contributed by atoms with Crippen molar-refractivity contribution in [1.29, 1.82) is 0 Å². The summed E-state index contributed by atoms with van der Waals surface area (Å²) >= 11 is 0. The lowest BCUT2D eigenvalue weighted by atomic mass is 9.90. The third-order valence-corrected chi connectivity index (χ3v) is 2.29. The summed E-state index contributed by atoms with van der Waals surface area (Å²) in [5.74, 6) is 1.01. The summed E-state index contributed by atoms with van der Waals surface area (Å²) in [6.45, 7) is 4.85. The van der Waals surface area contributed by atoms with Gasteiger partial charge in [0, 0.05) is 6.42 Å². The third kappa shape index (κ3) is 2.48. The molecule has 0 aromatic heterocycles. The molecule has 1 fully saturated rings. The predicted molar refractivity (Wildman–Crippen MR) is 45.7 cm³/mol. The lowest BCUT2D eigenvalue weighted by molar-refractivity contribution is -0.174. The smallest absolute Gasteiger partial charge is 0.245 e. The average molecular weight is 171 g/mol. The van der Waals surface area contributed by atoms with Crippen molar-refractivity contribution in [1.82, 2.24) is 5.06 Å². The lowest BCUT2D eigenvalue weighted by Gasteiger charge is -2.28. The first-order valence-corrected chi connectivity index (χ1v) is 4.59. The summed E-state index contributed by atoms with van der Waals surface area (Å²) in [6.07, 6.45) is 2.55. The first kappa shape index (κ1) is 9.52. The number of hydroxylamine groups is 2. The number of amides is 1. The van der Waals surface area contributed by atoms with Crippen LogP contribution >= 0.6 is 0 Å². The highest BCUT2D eigenvalue weighted by atomic mass is 16.5. The van der Waals surface area contributed by atoms with E-state index in [-0.39, 0.29) is 5.91 Å². The van der Waals surface area contributed by atoms with Crippen LogP contribution < -0.4 is 0 Å². The number of nitrogens with zero attached hydrogens (tertiary/aromatic N) is 1. The zero-order valence-electron chi connectivity index (χ0n) is 7.79. The molecule has 0 aliphatic carbocycles. The predicted octanol–water partition coefficient (Wildman–Crippen LogP) is 1.66. The first-order valence-electron chi connectivity index (χ1n) is 4.59. The molecule has 1 amide bonds. The van der Waals surface area contributed by atoms with Crippen molar-refractivity contribution in [2.75, 3.05) is 6.54 Å². The maximum absolute atomic E-state index is 10.9. The summed E-state index contributed by atoms with van der Waals surface area (Å²) in [7, 11) is 0. The quantitative estimate of drug-likeness (QED) is 0.642. The monoisotopic (exact) mass is 171 g/mol. The second-order valence-corrected chi connectivity index (χ2v) is 4.01. The van der Waals surface area contributed by atoms with Crippen molar-refractivity contribution in [3.63, 3.8) is 0 Å². The average Bonchev–Trinajstić information content (AvgIpc) is 1.96. The number of carbonyl (C=O) groups excluding carboxylic acids is 1. The zero-order valence-corrected chi connectivity index (χ0v) is 7.79. The van der Waals surface area contributed by atoms with Gasteiger partial charge in [0.15, 0.2) is 0 Å². The summed E-state index contributed by atoms with van der Waals surface area (Å²) in [4.78, 5) is 10.9. The molecule has 1 aliphatic rings. The Kier molecular flexibility index (Phi) is 3.09. The summed E-state index contributed by atoms with van der Waals surface area (Å²) in [5, 5.41) is 10.0. The molecule has 0 bridgehead atoms. The molecule has 1 heterocycles. The Bertz CT molecular complexity index is 168. The lowest BCUT2D eigenvalue weighted by Crippen LogP contribution is -2.37. The Morgan fingerprint density at radius 1 is 1.67 bits per heavy atom. The van der Waals surface area contributed by atoms with Gasteiger partial charge in [-0.05, 0) is 24.7 Å². The molecule has 3 nitrogen and oxygen atoms in total. The van der Waals surface area contributed by atoms with E-state index in [4.69, 9.17) is 5.21 Å². The minimum absolute atomic E-state index is 0.130. The molecule has 1 aliphatic heterocycles. The van der Waals surface area contributed by atoms with E-state index < -0.39 is 0 Å². The number of hydrogen-bond donors (Lipinski definition) is 1. The second-order valence-electron chi connectivity index (χ2n) is 4.01. The van der Waals surface area contributed by atoms with Crippen LogP contribution in [0.15, 0.2) is 0 Å². The molecule has 3 heteroatoms. The van der Waals surface area contributed by atoms with Crippen molar-refractivity contribution in [3.8, 4) is 0 Å². The molecule has 1 rings (SSSR count). The van der Waals surface area contributed by atoms with Crippen LogP contribution in [0.3, 0.4) is 0 Å². The highest BCUT2D eigenvalue weighted by Crippen LogP contribution is 2.22. The van der Waals surface area contributed by atoms with Gasteiger partial charge < -0.3 is 0 Å². The maximum atomic E-state index is 10.9. The molecule has 1 unspecified atom stereocenters. The highest BCUT2D eigenvalue weighted by Gasteiger charge is 2.24. The summed E-state index contributed by atoms with van der Waals surface area (Å²) < 4.78 is 0. The Balaban J connectivity index is 2.35. The normalized spacial score (nSPS) is 25.2. The zero-order chi connectivity index (χ0) is 9.14. The third-order valence-electron chi connectivity index (χ3n) is 2.29. The number of carbonyl (C=O) groups is 1. The van der Waals surface area contributed by atoms with Crippen LogP contribution in [0.5, 0.6) is 0 Å². The standard InChI is InChI=1S/C9H17NO2/c1-7(2)5-8-3-4-9(11)10(12)6-8/h7-8,12H,3-6H2,1-2H3. The van der Waals surface area contributed by atoms with Gasteiger partial charge in [0.25, 0.3) is 0 Å². The fourth-order valence-electron chi connectivity index (χ4n) is 1.75. The molecule has 1 atom stereocenters. The van der Waals surface area contributed by atoms with Crippen LogP contribution in [-0.4, -0.2) is 22.7 Å². The fraction of sp³-hybridized carbons (Fsp3) is 0.889. The molecule has 0 saturated carbocycles. The van der Waals surface area contributed by atoms with Crippen molar-refractivity contribution in [2.24, 2.45) is 11.8 Å². The van der Waals surface area contributed by atoms with Crippen LogP contribution in [0.4, 0.5) is 0 Å². The topological polar surface area (TPSA) is 40.5 Å². The van der Waals surface area contributed by atoms with E-state index in [9.17, 15) is 4.79 Å². The van der Waals surface area contributed by atoms with Crippen molar-refractivity contribution >= 4 is 5.91 Å². The van der Waals surface area contributed by atoms with Gasteiger partial charge in [0.2, 0.25) is 5.91 Å². The van der Waals surface area contributed by atoms with Crippen LogP contribution in [0.2, 0.25) is 0 Å². The molecule has 1 saturated heterocycles. The molecule has 0 aromatic rings. The Labute approximate surface area is 73.3 Å². The van der Waals surface area contributed by atoms with E-state index in [1.807, 2.05) is 0 Å². The van der Waals surface area contributed by atoms with Gasteiger partial charge in [0.05, 0.1) is 6.54 Å². The van der Waals surface area contributed by atoms with Crippen molar-refractivity contribution in [2.45, 2.75) is 33.1 Å². The van der Waals surface area contributed by atoms with E-state index in [0.29, 0.717) is 24.8 Å². The minimum atomic E-state index is -0.130. The Morgan fingerprint density at radius 2 is 2.33 bits per heavy atom. The van der Waals surface area contributed by atoms with Gasteiger partial charge in [-0.3, -0.25) is 10.0 Å². The van der Waals surface area contributed by atoms with Gasteiger partial charge in [-0.25, -0.2) is 5.06 Å². The van der Waals surface area contributed by atoms with E-state index in [2.05, 4.69) is 13.8 Å². The summed E-state index contributed by atoms with van der Waals surface area (Å²) in [6, 6.07) is 0. The van der Waals surface area contributed by atoms with Gasteiger partial charge in [0.1, 0.15) is 0 Å². The van der Waals surface area contributed by atoms with Crippen molar-refractivity contribution in [3.05, 3.63) is 0 Å².